The fraction of sp³-hybridized carbons (Fsp3) is 0.481. The molecule has 7 unspecified atom stereocenters. The summed E-state index contributed by atoms with van der Waals surface area (Å²) in [6.07, 6.45) is 7.81. The van der Waals surface area contributed by atoms with Crippen LogP contribution >= 0.6 is 12.6 Å². The first-order chi connectivity index (χ1) is 15.7. The number of allylic oxidation sites excluding steroid dienone is 3. The summed E-state index contributed by atoms with van der Waals surface area (Å²) < 4.78 is 17.7. The molecule has 0 saturated heterocycles. The average molecular weight is 465 g/mol. The minimum atomic E-state index is -0.604. The molecule has 6 heteroatoms. The lowest BCUT2D eigenvalue weighted by Gasteiger charge is -2.57. The molecule has 1 N–H and O–H groups in total. The second-order valence-corrected chi connectivity index (χ2v) is 11.4. The molecule has 4 nitrogen and oxygen atoms in total. The van der Waals surface area contributed by atoms with Crippen LogP contribution in [0.3, 0.4) is 0 Å². The molecule has 0 amide bonds. The van der Waals surface area contributed by atoms with Gasteiger partial charge in [-0.05, 0) is 78.4 Å². The predicted octanol–water partition coefficient (Wildman–Crippen LogP) is 5.17. The lowest BCUT2D eigenvalue weighted by molar-refractivity contribution is -0.127. The van der Waals surface area contributed by atoms with E-state index in [0.29, 0.717) is 18.4 Å². The third-order valence-corrected chi connectivity index (χ3v) is 9.63. The zero-order valence-corrected chi connectivity index (χ0v) is 19.8. The van der Waals surface area contributed by atoms with Crippen LogP contribution in [0, 0.1) is 34.5 Å². The van der Waals surface area contributed by atoms with E-state index in [2.05, 4.69) is 31.6 Å². The van der Waals surface area contributed by atoms with Crippen LogP contribution in [0.5, 0.6) is 0 Å². The second-order valence-electron chi connectivity index (χ2n) is 10.9. The molecular weight excluding hydrogens is 435 g/mol. The maximum Gasteiger partial charge on any atom is 0.189 e. The lowest BCUT2D eigenvalue weighted by atomic mass is 9.47. The van der Waals surface area contributed by atoms with E-state index in [1.54, 1.807) is 6.08 Å². The number of thiol groups is 1. The highest BCUT2D eigenvalue weighted by atomic mass is 32.1. The van der Waals surface area contributed by atoms with Crippen molar-refractivity contribution in [2.24, 2.45) is 34.5 Å². The maximum absolute atomic E-state index is 15.8. The number of halogens is 1. The van der Waals surface area contributed by atoms with Crippen molar-refractivity contribution in [2.45, 2.75) is 45.6 Å². The highest BCUT2D eigenvalue weighted by Gasteiger charge is 2.63. The molecule has 6 rings (SSSR count). The van der Waals surface area contributed by atoms with Gasteiger partial charge in [0, 0.05) is 17.3 Å². The molecule has 0 aliphatic heterocycles. The van der Waals surface area contributed by atoms with E-state index in [-0.39, 0.29) is 40.0 Å². The number of benzene rings is 1. The van der Waals surface area contributed by atoms with E-state index in [1.165, 1.54) is 0 Å². The van der Waals surface area contributed by atoms with Gasteiger partial charge < -0.3 is 5.11 Å². The Morgan fingerprint density at radius 1 is 1.24 bits per heavy atom. The number of carbonyl (C=O) groups is 1. The normalized spacial score (nSPS) is 39.0. The molecule has 4 aliphatic rings. The molecule has 1 aromatic heterocycles. The maximum atomic E-state index is 15.8. The Kier molecular flexibility index (Phi) is 4.63. The third-order valence-electron chi connectivity index (χ3n) is 9.32. The van der Waals surface area contributed by atoms with E-state index in [1.807, 2.05) is 47.3 Å². The Balaban J connectivity index is 1.46. The Morgan fingerprint density at radius 3 is 2.73 bits per heavy atom. The minimum absolute atomic E-state index is 0.0932. The van der Waals surface area contributed by atoms with Gasteiger partial charge in [0.15, 0.2) is 5.12 Å². The van der Waals surface area contributed by atoms with Gasteiger partial charge in [-0.25, -0.2) is 9.07 Å². The van der Waals surface area contributed by atoms with Gasteiger partial charge in [0.05, 0.1) is 23.7 Å². The molecule has 2 saturated carbocycles. The predicted molar refractivity (Wildman–Crippen MR) is 128 cm³/mol. The summed E-state index contributed by atoms with van der Waals surface area (Å²) in [5.74, 6) is -0.385. The monoisotopic (exact) mass is 464 g/mol. The van der Waals surface area contributed by atoms with Crippen LogP contribution < -0.4 is 0 Å². The Morgan fingerprint density at radius 2 is 2.00 bits per heavy atom. The van der Waals surface area contributed by atoms with Crippen molar-refractivity contribution in [1.82, 2.24) is 9.78 Å². The summed E-state index contributed by atoms with van der Waals surface area (Å²) in [4.78, 5) is 12.3. The van der Waals surface area contributed by atoms with E-state index >= 15 is 4.39 Å². The van der Waals surface area contributed by atoms with Gasteiger partial charge in [0.1, 0.15) is 5.83 Å². The molecule has 33 heavy (non-hydrogen) atoms. The van der Waals surface area contributed by atoms with Gasteiger partial charge in [-0.2, -0.15) is 5.10 Å². The molecular formula is C27H29FN2O2S. The van der Waals surface area contributed by atoms with Crippen LogP contribution in [0.15, 0.2) is 54.0 Å². The summed E-state index contributed by atoms with van der Waals surface area (Å²) in [7, 11) is 0. The number of fused-ring (bicyclic) bond motifs is 6. The van der Waals surface area contributed by atoms with Crippen molar-refractivity contribution >= 4 is 23.8 Å². The molecule has 7 atom stereocenters. The van der Waals surface area contributed by atoms with Gasteiger partial charge in [0.25, 0.3) is 0 Å². The van der Waals surface area contributed by atoms with Gasteiger partial charge in [-0.3, -0.25) is 4.79 Å². The number of para-hydroxylation sites is 1. The lowest BCUT2D eigenvalue weighted by Crippen LogP contribution is -2.56. The summed E-state index contributed by atoms with van der Waals surface area (Å²) in [5.41, 5.74) is 2.73. The molecule has 1 heterocycles. The van der Waals surface area contributed by atoms with Crippen molar-refractivity contribution < 1.29 is 14.3 Å². The van der Waals surface area contributed by atoms with Crippen LogP contribution in [0.4, 0.5) is 4.39 Å². The van der Waals surface area contributed by atoms with E-state index in [0.717, 1.165) is 29.8 Å². The SMILES string of the molecule is CC12Cc3cnn(-c4ccccc4)c3C=C1C(F)=CC1C2C(O)CC2(C)C(C(=O)S)CCC12. The molecule has 1 aromatic carbocycles. The van der Waals surface area contributed by atoms with E-state index in [4.69, 9.17) is 0 Å². The second kappa shape index (κ2) is 7.16. The van der Waals surface area contributed by atoms with Gasteiger partial charge >= 0.3 is 0 Å². The molecule has 172 valence electrons. The van der Waals surface area contributed by atoms with Crippen LogP contribution in [0.25, 0.3) is 11.8 Å². The highest BCUT2D eigenvalue weighted by Crippen LogP contribution is 2.66. The van der Waals surface area contributed by atoms with E-state index < -0.39 is 11.5 Å². The number of rotatable bonds is 2. The fourth-order valence-corrected chi connectivity index (χ4v) is 8.32. The molecule has 0 bridgehead atoms. The Bertz CT molecular complexity index is 1200. The van der Waals surface area contributed by atoms with Crippen molar-refractivity contribution in [3.63, 3.8) is 0 Å². The first kappa shape index (κ1) is 21.4. The van der Waals surface area contributed by atoms with Crippen LogP contribution in [0.1, 0.15) is 44.4 Å². The molecule has 2 aromatic rings. The topological polar surface area (TPSA) is 55.1 Å². The van der Waals surface area contributed by atoms with Crippen LogP contribution in [-0.4, -0.2) is 26.1 Å². The number of aliphatic hydroxyl groups excluding tert-OH is 1. The highest BCUT2D eigenvalue weighted by molar-refractivity contribution is 7.96. The molecule has 2 fully saturated rings. The minimum Gasteiger partial charge on any atom is -0.393 e. The summed E-state index contributed by atoms with van der Waals surface area (Å²) in [6, 6.07) is 9.89. The van der Waals surface area contributed by atoms with Crippen molar-refractivity contribution in [3.05, 3.63) is 65.3 Å². The van der Waals surface area contributed by atoms with Crippen LogP contribution in [-0.2, 0) is 11.2 Å². The number of hydrogen-bond acceptors (Lipinski definition) is 3. The standard InChI is InChI=1S/C27H29FN2O2S/c1-26-13-23(31)24-17(18(26)8-9-19(26)25(32)33)10-21(28)20-11-22-15(12-27(20,24)2)14-29-30(22)16-6-4-3-5-7-16/h3-7,10-11,14,17-19,23-24,31H,8-9,12-13H2,1-2H3,(H,32,33). The van der Waals surface area contributed by atoms with Gasteiger partial charge in [-0.15, -0.1) is 12.6 Å². The zero-order valence-electron chi connectivity index (χ0n) is 18.9. The van der Waals surface area contributed by atoms with Crippen LogP contribution in [0.2, 0.25) is 0 Å². The summed E-state index contributed by atoms with van der Waals surface area (Å²) in [5, 5.41) is 16.0. The third kappa shape index (κ3) is 2.86. The van der Waals surface area contributed by atoms with Crippen molar-refractivity contribution in [1.29, 1.82) is 0 Å². The fourth-order valence-electron chi connectivity index (χ4n) is 7.90. The first-order valence-electron chi connectivity index (χ1n) is 11.9. The Hall–Kier alpha value is -2.18. The average Bonchev–Trinajstić information content (AvgIpc) is 3.32. The quantitative estimate of drug-likeness (QED) is 0.603. The number of aliphatic hydroxyl groups is 1. The molecule has 0 spiro atoms. The number of carbonyl (C=O) groups excluding carboxylic acids is 1. The summed E-state index contributed by atoms with van der Waals surface area (Å²) in [6.45, 7) is 4.21. The van der Waals surface area contributed by atoms with Gasteiger partial charge in [0.2, 0.25) is 0 Å². The smallest absolute Gasteiger partial charge is 0.189 e. The number of aromatic nitrogens is 2. The molecule has 0 radical (unpaired) electrons. The largest absolute Gasteiger partial charge is 0.393 e. The Labute approximate surface area is 199 Å². The molecule has 4 aliphatic carbocycles. The van der Waals surface area contributed by atoms with E-state index in [9.17, 15) is 9.90 Å². The first-order valence-corrected chi connectivity index (χ1v) is 12.3. The number of nitrogens with zero attached hydrogens (tertiary/aromatic N) is 2. The number of hydrogen-bond donors (Lipinski definition) is 2. The van der Waals surface area contributed by atoms with Crippen molar-refractivity contribution in [3.8, 4) is 5.69 Å². The van der Waals surface area contributed by atoms with Crippen molar-refractivity contribution in [2.75, 3.05) is 0 Å². The summed E-state index contributed by atoms with van der Waals surface area (Å²) >= 11 is 4.16. The van der Waals surface area contributed by atoms with Gasteiger partial charge in [-0.1, -0.05) is 32.0 Å². The zero-order chi connectivity index (χ0) is 23.1.